The third-order valence-corrected chi connectivity index (χ3v) is 4.33. The number of nitrogens with one attached hydrogen (secondary N) is 2. The fourth-order valence-electron chi connectivity index (χ4n) is 3.06. The van der Waals surface area contributed by atoms with Gasteiger partial charge in [-0.15, -0.1) is 0 Å². The first-order valence-corrected chi connectivity index (χ1v) is 8.84. The van der Waals surface area contributed by atoms with Crippen molar-refractivity contribution in [3.8, 4) is 0 Å². The first-order chi connectivity index (χ1) is 11.8. The van der Waals surface area contributed by atoms with E-state index in [-0.39, 0.29) is 18.2 Å². The normalized spacial score (nSPS) is 20.5. The van der Waals surface area contributed by atoms with Crippen molar-refractivity contribution in [2.75, 3.05) is 5.32 Å². The maximum Gasteiger partial charge on any atom is 0.407 e. The third kappa shape index (κ3) is 4.72. The monoisotopic (exact) mass is 362 g/mol. The number of fused-ring (bicyclic) bond motifs is 1. The summed E-state index contributed by atoms with van der Waals surface area (Å²) in [6, 6.07) is 5.90. The molecule has 0 bridgehead atoms. The van der Waals surface area contributed by atoms with Crippen molar-refractivity contribution in [1.82, 2.24) is 15.3 Å². The number of carbonyl (C=O) groups is 1. The predicted octanol–water partition coefficient (Wildman–Crippen LogP) is 4.14. The van der Waals surface area contributed by atoms with Crippen molar-refractivity contribution < 1.29 is 9.53 Å². The summed E-state index contributed by atoms with van der Waals surface area (Å²) < 4.78 is 5.32. The van der Waals surface area contributed by atoms with E-state index in [1.54, 1.807) is 6.33 Å². The first-order valence-electron chi connectivity index (χ1n) is 8.46. The summed E-state index contributed by atoms with van der Waals surface area (Å²) in [6.45, 7) is 5.57. The van der Waals surface area contributed by atoms with Gasteiger partial charge in [-0.2, -0.15) is 0 Å². The molecule has 0 aliphatic heterocycles. The molecule has 1 aliphatic carbocycles. The molecule has 0 spiro atoms. The summed E-state index contributed by atoms with van der Waals surface area (Å²) in [5.41, 5.74) is 0.364. The Morgan fingerprint density at radius 1 is 1.24 bits per heavy atom. The lowest BCUT2D eigenvalue weighted by molar-refractivity contribution is 0.0505. The lowest BCUT2D eigenvalue weighted by Crippen LogP contribution is -2.38. The number of halogens is 1. The van der Waals surface area contributed by atoms with Crippen molar-refractivity contribution in [1.29, 1.82) is 0 Å². The number of benzene rings is 1. The highest BCUT2D eigenvalue weighted by molar-refractivity contribution is 6.31. The zero-order chi connectivity index (χ0) is 18.0. The highest BCUT2D eigenvalue weighted by Gasteiger charge is 2.28. The van der Waals surface area contributed by atoms with Crippen LogP contribution in [0.3, 0.4) is 0 Å². The highest BCUT2D eigenvalue weighted by Crippen LogP contribution is 2.27. The zero-order valence-corrected chi connectivity index (χ0v) is 15.4. The van der Waals surface area contributed by atoms with Crippen LogP contribution in [0, 0.1) is 0 Å². The van der Waals surface area contributed by atoms with Gasteiger partial charge in [0.1, 0.15) is 17.7 Å². The summed E-state index contributed by atoms with van der Waals surface area (Å²) >= 11 is 6.10. The van der Waals surface area contributed by atoms with Gasteiger partial charge in [-0.3, -0.25) is 0 Å². The molecule has 25 heavy (non-hydrogen) atoms. The maximum atomic E-state index is 11.9. The molecule has 3 rings (SSSR count). The number of aromatic nitrogens is 2. The summed E-state index contributed by atoms with van der Waals surface area (Å²) in [5, 5.41) is 7.96. The average molecular weight is 363 g/mol. The molecule has 1 amide bonds. The number of hydrogen-bond donors (Lipinski definition) is 2. The molecule has 7 heteroatoms. The van der Waals surface area contributed by atoms with Gasteiger partial charge in [0.05, 0.1) is 5.52 Å². The van der Waals surface area contributed by atoms with Crippen molar-refractivity contribution in [2.24, 2.45) is 0 Å². The lowest BCUT2D eigenvalue weighted by Gasteiger charge is -2.22. The van der Waals surface area contributed by atoms with Crippen LogP contribution in [-0.4, -0.2) is 33.7 Å². The number of ether oxygens (including phenoxy) is 1. The quantitative estimate of drug-likeness (QED) is 0.858. The van der Waals surface area contributed by atoms with Gasteiger partial charge in [0.2, 0.25) is 0 Å². The van der Waals surface area contributed by atoms with Gasteiger partial charge < -0.3 is 15.4 Å². The van der Waals surface area contributed by atoms with Crippen LogP contribution in [0.1, 0.15) is 40.0 Å². The summed E-state index contributed by atoms with van der Waals surface area (Å²) in [7, 11) is 0. The Morgan fingerprint density at radius 3 is 2.76 bits per heavy atom. The van der Waals surface area contributed by atoms with E-state index in [4.69, 9.17) is 16.3 Å². The summed E-state index contributed by atoms with van der Waals surface area (Å²) in [5.74, 6) is 0.774. The molecule has 2 aromatic rings. The van der Waals surface area contributed by atoms with Crippen LogP contribution in [-0.2, 0) is 4.74 Å². The van der Waals surface area contributed by atoms with Gasteiger partial charge in [0.15, 0.2) is 0 Å². The molecule has 134 valence electrons. The average Bonchev–Trinajstić information content (AvgIpc) is 2.93. The standard InChI is InChI=1S/C18H23ClN4O2/c1-18(2,3)25-17(24)23-13-6-5-12(9-13)22-16-14-8-11(19)4-7-15(14)20-10-21-16/h4,7-8,10,12-13H,5-6,9H2,1-3H3,(H,23,24)(H,20,21,22)/t12-,13-/m0/s1. The van der Waals surface area contributed by atoms with E-state index in [9.17, 15) is 4.79 Å². The van der Waals surface area contributed by atoms with Crippen LogP contribution < -0.4 is 10.6 Å². The number of carbonyl (C=O) groups excluding carboxylic acids is 1. The summed E-state index contributed by atoms with van der Waals surface area (Å²) in [6.07, 6.45) is 3.86. The van der Waals surface area contributed by atoms with Crippen LogP contribution in [0.4, 0.5) is 10.6 Å². The molecular formula is C18H23ClN4O2. The Hall–Kier alpha value is -2.08. The van der Waals surface area contributed by atoms with Gasteiger partial charge in [-0.05, 0) is 58.2 Å². The molecule has 1 saturated carbocycles. The second kappa shape index (κ2) is 7.04. The highest BCUT2D eigenvalue weighted by atomic mass is 35.5. The fraction of sp³-hybridized carbons (Fsp3) is 0.500. The second-order valence-electron chi connectivity index (χ2n) is 7.38. The van der Waals surface area contributed by atoms with Crippen molar-refractivity contribution in [2.45, 2.75) is 57.7 Å². The van der Waals surface area contributed by atoms with Crippen LogP contribution in [0.15, 0.2) is 24.5 Å². The van der Waals surface area contributed by atoms with E-state index in [1.165, 1.54) is 0 Å². The number of amides is 1. The van der Waals surface area contributed by atoms with Gasteiger partial charge in [-0.1, -0.05) is 11.6 Å². The molecule has 2 N–H and O–H groups in total. The van der Waals surface area contributed by atoms with E-state index >= 15 is 0 Å². The van der Waals surface area contributed by atoms with Crippen LogP contribution in [0.5, 0.6) is 0 Å². The molecule has 1 heterocycles. The van der Waals surface area contributed by atoms with Gasteiger partial charge in [0, 0.05) is 22.5 Å². The van der Waals surface area contributed by atoms with E-state index < -0.39 is 5.60 Å². The van der Waals surface area contributed by atoms with Gasteiger partial charge >= 0.3 is 6.09 Å². The number of alkyl carbamates (subject to hydrolysis) is 1. The third-order valence-electron chi connectivity index (χ3n) is 4.09. The van der Waals surface area contributed by atoms with Gasteiger partial charge in [0.25, 0.3) is 0 Å². The van der Waals surface area contributed by atoms with Crippen molar-refractivity contribution >= 4 is 34.4 Å². The number of hydrogen-bond acceptors (Lipinski definition) is 5. The Morgan fingerprint density at radius 2 is 2.00 bits per heavy atom. The minimum atomic E-state index is -0.487. The minimum absolute atomic E-state index is 0.101. The Labute approximate surface area is 152 Å². The van der Waals surface area contributed by atoms with Crippen molar-refractivity contribution in [3.05, 3.63) is 29.5 Å². The number of nitrogens with zero attached hydrogens (tertiary/aromatic N) is 2. The smallest absolute Gasteiger partial charge is 0.407 e. The van der Waals surface area contributed by atoms with E-state index in [1.807, 2.05) is 39.0 Å². The molecule has 1 aliphatic rings. The molecular weight excluding hydrogens is 340 g/mol. The van der Waals surface area contributed by atoms with Crippen LogP contribution in [0.25, 0.3) is 10.9 Å². The second-order valence-corrected chi connectivity index (χ2v) is 7.82. The summed E-state index contributed by atoms with van der Waals surface area (Å²) in [4.78, 5) is 20.5. The lowest BCUT2D eigenvalue weighted by atomic mass is 10.2. The Bertz CT molecular complexity index is 775. The van der Waals surface area contributed by atoms with E-state index in [2.05, 4.69) is 20.6 Å². The molecule has 0 saturated heterocycles. The zero-order valence-electron chi connectivity index (χ0n) is 14.7. The molecule has 1 aromatic carbocycles. The van der Waals surface area contributed by atoms with E-state index in [0.29, 0.717) is 5.02 Å². The fourth-order valence-corrected chi connectivity index (χ4v) is 3.23. The minimum Gasteiger partial charge on any atom is -0.444 e. The Balaban J connectivity index is 1.62. The Kier molecular flexibility index (Phi) is 4.99. The maximum absolute atomic E-state index is 11.9. The predicted molar refractivity (Wildman–Crippen MR) is 99.0 cm³/mol. The molecule has 6 nitrogen and oxygen atoms in total. The topological polar surface area (TPSA) is 76.1 Å². The van der Waals surface area contributed by atoms with Crippen molar-refractivity contribution in [3.63, 3.8) is 0 Å². The first kappa shape index (κ1) is 17.7. The number of anilines is 1. The van der Waals surface area contributed by atoms with Crippen LogP contribution >= 0.6 is 11.6 Å². The molecule has 0 radical (unpaired) electrons. The number of rotatable bonds is 3. The largest absolute Gasteiger partial charge is 0.444 e. The molecule has 1 fully saturated rings. The molecule has 0 unspecified atom stereocenters. The van der Waals surface area contributed by atoms with Gasteiger partial charge in [-0.25, -0.2) is 14.8 Å². The van der Waals surface area contributed by atoms with Crippen LogP contribution in [0.2, 0.25) is 5.02 Å². The SMILES string of the molecule is CC(C)(C)OC(=O)N[C@H]1CC[C@H](Nc2ncnc3ccc(Cl)cc23)C1. The van der Waals surface area contributed by atoms with E-state index in [0.717, 1.165) is 36.0 Å². The molecule has 2 atom stereocenters. The molecule has 1 aromatic heterocycles.